The van der Waals surface area contributed by atoms with Crippen molar-refractivity contribution in [1.29, 1.82) is 0 Å². The third kappa shape index (κ3) is 7.17. The molecule has 5 heteroatoms. The fourth-order valence-electron chi connectivity index (χ4n) is 3.72. The Kier molecular flexibility index (Phi) is 9.25. The Morgan fingerprint density at radius 1 is 0.765 bits per heavy atom. The summed E-state index contributed by atoms with van der Waals surface area (Å²) < 4.78 is 17.6. The average molecular weight is 461 g/mol. The van der Waals surface area contributed by atoms with Crippen LogP contribution >= 0.6 is 0 Å². The van der Waals surface area contributed by atoms with E-state index in [1.54, 1.807) is 0 Å². The first-order valence-corrected chi connectivity index (χ1v) is 11.6. The third-order valence-electron chi connectivity index (χ3n) is 5.11. The van der Waals surface area contributed by atoms with Crippen LogP contribution in [0.15, 0.2) is 91.0 Å². The molecule has 0 bridgehead atoms. The summed E-state index contributed by atoms with van der Waals surface area (Å²) in [4.78, 5) is 11.7. The van der Waals surface area contributed by atoms with Gasteiger partial charge in [0.25, 0.3) is 0 Å². The molecule has 0 heterocycles. The minimum absolute atomic E-state index is 0.373. The van der Waals surface area contributed by atoms with E-state index in [1.807, 2.05) is 81.8 Å². The Hall–Kier alpha value is -3.15. The van der Waals surface area contributed by atoms with Gasteiger partial charge in [-0.1, -0.05) is 91.0 Å². The normalized spacial score (nSPS) is 11.7. The summed E-state index contributed by atoms with van der Waals surface area (Å²) in [5, 5.41) is 2.69. The van der Waals surface area contributed by atoms with Crippen LogP contribution in [0, 0.1) is 6.42 Å². The summed E-state index contributed by atoms with van der Waals surface area (Å²) >= 11 is 0. The predicted octanol–water partition coefficient (Wildman–Crippen LogP) is 5.74. The molecule has 1 N–H and O–H groups in total. The van der Waals surface area contributed by atoms with E-state index in [0.29, 0.717) is 26.4 Å². The van der Waals surface area contributed by atoms with Crippen molar-refractivity contribution in [3.05, 3.63) is 114 Å². The number of ether oxygens (including phenoxy) is 3. The zero-order valence-corrected chi connectivity index (χ0v) is 20.2. The lowest BCUT2D eigenvalue weighted by atomic mass is 9.80. The molecule has 3 aromatic carbocycles. The number of hydrogen-bond acceptors (Lipinski definition) is 4. The number of carbonyl (C=O) groups is 1. The lowest BCUT2D eigenvalue weighted by Crippen LogP contribution is -2.34. The maximum Gasteiger partial charge on any atom is 0.407 e. The highest BCUT2D eigenvalue weighted by Crippen LogP contribution is 2.40. The van der Waals surface area contributed by atoms with Crippen molar-refractivity contribution < 1.29 is 19.0 Å². The molecule has 0 saturated carbocycles. The first-order chi connectivity index (χ1) is 16.4. The van der Waals surface area contributed by atoms with Crippen molar-refractivity contribution in [3.63, 3.8) is 0 Å². The van der Waals surface area contributed by atoms with Crippen LogP contribution < -0.4 is 5.32 Å². The van der Waals surface area contributed by atoms with Crippen molar-refractivity contribution in [2.75, 3.05) is 26.4 Å². The molecular weight excluding hydrogens is 426 g/mol. The van der Waals surface area contributed by atoms with E-state index in [9.17, 15) is 4.79 Å². The zero-order chi connectivity index (χ0) is 24.3. The van der Waals surface area contributed by atoms with Gasteiger partial charge < -0.3 is 19.5 Å². The van der Waals surface area contributed by atoms with Gasteiger partial charge in [-0.25, -0.2) is 4.79 Å². The van der Waals surface area contributed by atoms with E-state index < -0.39 is 17.3 Å². The van der Waals surface area contributed by atoms with Gasteiger partial charge in [0.05, 0.1) is 19.8 Å². The Bertz CT molecular complexity index is 888. The summed E-state index contributed by atoms with van der Waals surface area (Å²) in [5.41, 5.74) is 1.90. The van der Waals surface area contributed by atoms with E-state index in [1.165, 1.54) is 0 Å². The molecule has 1 amide bonds. The molecule has 0 unspecified atom stereocenters. The molecule has 3 aromatic rings. The topological polar surface area (TPSA) is 56.8 Å². The Morgan fingerprint density at radius 3 is 1.68 bits per heavy atom. The maximum atomic E-state index is 11.7. The van der Waals surface area contributed by atoms with Gasteiger partial charge in [-0.3, -0.25) is 0 Å². The van der Waals surface area contributed by atoms with Crippen molar-refractivity contribution in [2.45, 2.75) is 32.0 Å². The Balaban J connectivity index is 1.62. The lowest BCUT2D eigenvalue weighted by Gasteiger charge is -2.36. The highest BCUT2D eigenvalue weighted by Gasteiger charge is 2.37. The smallest absolute Gasteiger partial charge is 0.407 e. The average Bonchev–Trinajstić information content (AvgIpc) is 2.84. The monoisotopic (exact) mass is 460 g/mol. The Labute approximate surface area is 203 Å². The number of rotatable bonds is 11. The third-order valence-corrected chi connectivity index (χ3v) is 5.11. The molecule has 34 heavy (non-hydrogen) atoms. The van der Waals surface area contributed by atoms with Gasteiger partial charge in [-0.05, 0) is 37.5 Å². The molecule has 1 radical (unpaired) electrons. The number of benzene rings is 3. The second-order valence-corrected chi connectivity index (χ2v) is 8.87. The van der Waals surface area contributed by atoms with E-state index in [4.69, 9.17) is 14.2 Å². The zero-order valence-electron chi connectivity index (χ0n) is 20.2. The summed E-state index contributed by atoms with van der Waals surface area (Å²) in [6.07, 6.45) is 1.41. The van der Waals surface area contributed by atoms with Crippen LogP contribution in [0.25, 0.3) is 0 Å². The number of carbonyl (C=O) groups excluding carboxylic acids is 1. The molecule has 179 valence electrons. The largest absolute Gasteiger partial charge is 0.444 e. The fraction of sp³-hybridized carbons (Fsp3) is 0.310. The molecule has 0 spiro atoms. The second-order valence-electron chi connectivity index (χ2n) is 8.87. The van der Waals surface area contributed by atoms with Crippen LogP contribution in [0.3, 0.4) is 0 Å². The van der Waals surface area contributed by atoms with Crippen LogP contribution in [0.4, 0.5) is 4.79 Å². The van der Waals surface area contributed by atoms with Gasteiger partial charge in [-0.15, -0.1) is 0 Å². The molecule has 0 fully saturated rings. The van der Waals surface area contributed by atoms with E-state index in [2.05, 4.69) is 41.7 Å². The summed E-state index contributed by atoms with van der Waals surface area (Å²) in [6.45, 7) is 7.08. The van der Waals surface area contributed by atoms with Crippen LogP contribution in [-0.2, 0) is 19.8 Å². The van der Waals surface area contributed by atoms with E-state index >= 15 is 0 Å². The van der Waals surface area contributed by atoms with Crippen molar-refractivity contribution in [1.82, 2.24) is 5.32 Å². The summed E-state index contributed by atoms with van der Waals surface area (Å²) in [6, 6.07) is 30.8. The molecule has 5 nitrogen and oxygen atoms in total. The van der Waals surface area contributed by atoms with Gasteiger partial charge in [0, 0.05) is 13.0 Å². The molecule has 0 aromatic heterocycles. The molecule has 0 atom stereocenters. The van der Waals surface area contributed by atoms with E-state index in [-0.39, 0.29) is 0 Å². The van der Waals surface area contributed by atoms with Gasteiger partial charge >= 0.3 is 6.09 Å². The molecule has 0 aliphatic rings. The molecular formula is C29H34NO4. The van der Waals surface area contributed by atoms with Crippen molar-refractivity contribution in [3.8, 4) is 0 Å². The molecule has 0 aliphatic carbocycles. The number of amides is 1. The lowest BCUT2D eigenvalue weighted by molar-refractivity contribution is -0.0209. The number of hydrogen-bond donors (Lipinski definition) is 1. The van der Waals surface area contributed by atoms with Gasteiger partial charge in [0.2, 0.25) is 0 Å². The second kappa shape index (κ2) is 12.4. The quantitative estimate of drug-likeness (QED) is 0.293. The molecule has 0 aliphatic heterocycles. The SMILES string of the molecule is CC(C)(C)OC(=O)NC[CH]COCCOC(c1ccccc1)(c1ccccc1)c1ccccc1. The minimum atomic E-state index is -0.755. The first-order valence-electron chi connectivity index (χ1n) is 11.6. The van der Waals surface area contributed by atoms with Gasteiger partial charge in [0.15, 0.2) is 0 Å². The first kappa shape index (κ1) is 25.5. The molecule has 3 rings (SSSR count). The predicted molar refractivity (Wildman–Crippen MR) is 135 cm³/mol. The highest BCUT2D eigenvalue weighted by molar-refractivity contribution is 5.67. The van der Waals surface area contributed by atoms with Gasteiger partial charge in [0.1, 0.15) is 11.2 Å². The maximum absolute atomic E-state index is 11.7. The van der Waals surface area contributed by atoms with Crippen molar-refractivity contribution >= 4 is 6.09 Å². The van der Waals surface area contributed by atoms with Crippen LogP contribution in [0.1, 0.15) is 37.5 Å². The molecule has 0 saturated heterocycles. The highest BCUT2D eigenvalue weighted by atomic mass is 16.6. The summed E-state index contributed by atoms with van der Waals surface area (Å²) in [7, 11) is 0. The van der Waals surface area contributed by atoms with Crippen molar-refractivity contribution in [2.24, 2.45) is 0 Å². The fourth-order valence-corrected chi connectivity index (χ4v) is 3.72. The van der Waals surface area contributed by atoms with Crippen LogP contribution in [0.2, 0.25) is 0 Å². The Morgan fingerprint density at radius 2 is 1.24 bits per heavy atom. The van der Waals surface area contributed by atoms with Crippen LogP contribution in [-0.4, -0.2) is 38.1 Å². The number of alkyl carbamates (subject to hydrolysis) is 1. The van der Waals surface area contributed by atoms with E-state index in [0.717, 1.165) is 16.7 Å². The summed E-state index contributed by atoms with van der Waals surface area (Å²) in [5.74, 6) is 0. The minimum Gasteiger partial charge on any atom is -0.444 e. The van der Waals surface area contributed by atoms with Gasteiger partial charge in [-0.2, -0.15) is 0 Å². The number of nitrogens with one attached hydrogen (secondary N) is 1. The van der Waals surface area contributed by atoms with Crippen LogP contribution in [0.5, 0.6) is 0 Å². The standard InChI is InChI=1S/C29H34NO4/c1-28(2,3)34-27(31)30-20-13-21-32-22-23-33-29(24-14-7-4-8-15-24,25-16-9-5-10-17-25)26-18-11-6-12-19-26/h4-19H,20-23H2,1-3H3,(H,30,31).